The van der Waals surface area contributed by atoms with Gasteiger partial charge in [0.1, 0.15) is 0 Å². The lowest BCUT2D eigenvalue weighted by Gasteiger charge is -2.37. The summed E-state index contributed by atoms with van der Waals surface area (Å²) in [6, 6.07) is 4.42. The van der Waals surface area contributed by atoms with Crippen molar-refractivity contribution in [3.63, 3.8) is 0 Å². The molecule has 1 heterocycles. The Kier molecular flexibility index (Phi) is 3.13. The number of nitrogens with zero attached hydrogens (tertiary/aromatic N) is 1. The van der Waals surface area contributed by atoms with E-state index in [9.17, 15) is 14.4 Å². The Morgan fingerprint density at radius 2 is 1.60 bits per heavy atom. The van der Waals surface area contributed by atoms with Gasteiger partial charge in [-0.3, -0.25) is 19.8 Å². The molecule has 7 heteroatoms. The highest BCUT2D eigenvalue weighted by atomic mass is 35.5. The number of imide groups is 1. The standard InChI is InChI=1S/C18H14Cl2N2O3/c19-12-4-1-7(5-13(12)20)16(23)21-22-17(24)14-8-2-3-9(11-6-10(8)11)15(14)18(22)25/h1-5,8-11,14-15H,6H2,(H,21,23)/t8-,9-,10-,11+,14-,15-/m1/s1. The van der Waals surface area contributed by atoms with Crippen LogP contribution in [0, 0.1) is 35.5 Å². The Hall–Kier alpha value is -1.85. The monoisotopic (exact) mass is 376 g/mol. The van der Waals surface area contributed by atoms with Crippen LogP contribution in [0.25, 0.3) is 0 Å². The van der Waals surface area contributed by atoms with Crippen LogP contribution in [0.2, 0.25) is 10.0 Å². The normalized spacial score (nSPS) is 37.1. The molecule has 1 aliphatic heterocycles. The number of nitrogens with one attached hydrogen (secondary N) is 1. The maximum Gasteiger partial charge on any atom is 0.270 e. The van der Waals surface area contributed by atoms with Gasteiger partial charge in [-0.25, -0.2) is 0 Å². The average Bonchev–Trinajstić information content (AvgIpc) is 3.38. The zero-order valence-corrected chi connectivity index (χ0v) is 14.5. The average molecular weight is 377 g/mol. The number of amides is 3. The van der Waals surface area contributed by atoms with Crippen molar-refractivity contribution in [2.75, 3.05) is 0 Å². The molecule has 0 aromatic heterocycles. The highest BCUT2D eigenvalue weighted by Gasteiger charge is 2.67. The highest BCUT2D eigenvalue weighted by Crippen LogP contribution is 2.65. The van der Waals surface area contributed by atoms with E-state index < -0.39 is 5.91 Å². The summed E-state index contributed by atoms with van der Waals surface area (Å²) < 4.78 is 0. The maximum atomic E-state index is 12.8. The lowest BCUT2D eigenvalue weighted by Crippen LogP contribution is -2.46. The van der Waals surface area contributed by atoms with Gasteiger partial charge < -0.3 is 0 Å². The van der Waals surface area contributed by atoms with E-state index in [2.05, 4.69) is 17.6 Å². The Bertz CT molecular complexity index is 832. The molecule has 2 bridgehead atoms. The third-order valence-corrected chi connectivity index (χ3v) is 6.80. The molecule has 2 saturated carbocycles. The second-order valence-corrected chi connectivity index (χ2v) is 8.05. The summed E-state index contributed by atoms with van der Waals surface area (Å²) in [5, 5.41) is 1.49. The Morgan fingerprint density at radius 1 is 1.00 bits per heavy atom. The van der Waals surface area contributed by atoms with Crippen molar-refractivity contribution in [1.82, 2.24) is 10.4 Å². The number of hydrazine groups is 1. The number of benzene rings is 1. The first-order chi connectivity index (χ1) is 12.0. The quantitative estimate of drug-likeness (QED) is 0.637. The molecule has 1 aromatic rings. The zero-order valence-electron chi connectivity index (χ0n) is 13.0. The number of hydrogen-bond donors (Lipinski definition) is 1. The molecule has 0 spiro atoms. The van der Waals surface area contributed by atoms with Crippen molar-refractivity contribution in [2.45, 2.75) is 6.42 Å². The number of carbonyl (C=O) groups excluding carboxylic acids is 3. The predicted octanol–water partition coefficient (Wildman–Crippen LogP) is 2.69. The fourth-order valence-electron chi connectivity index (χ4n) is 4.87. The molecule has 0 unspecified atom stereocenters. The molecule has 5 nitrogen and oxygen atoms in total. The van der Waals surface area contributed by atoms with E-state index in [4.69, 9.17) is 23.2 Å². The first-order valence-corrected chi connectivity index (χ1v) is 9.05. The van der Waals surface area contributed by atoms with Crippen molar-refractivity contribution in [3.8, 4) is 0 Å². The molecule has 4 aliphatic carbocycles. The molecule has 6 atom stereocenters. The van der Waals surface area contributed by atoms with E-state index in [1.807, 2.05) is 0 Å². The van der Waals surface area contributed by atoms with Crippen molar-refractivity contribution < 1.29 is 14.4 Å². The number of allylic oxidation sites excluding steroid dienone is 2. The minimum Gasteiger partial charge on any atom is -0.272 e. The van der Waals surface area contributed by atoms with Crippen LogP contribution in [0.15, 0.2) is 30.4 Å². The Labute approximate surface area is 153 Å². The van der Waals surface area contributed by atoms with E-state index in [0.29, 0.717) is 16.9 Å². The van der Waals surface area contributed by atoms with Gasteiger partial charge in [0, 0.05) is 5.56 Å². The summed E-state index contributed by atoms with van der Waals surface area (Å²) in [6.07, 6.45) is 5.29. The molecule has 1 saturated heterocycles. The van der Waals surface area contributed by atoms with E-state index in [1.165, 1.54) is 18.2 Å². The summed E-state index contributed by atoms with van der Waals surface area (Å²) in [6.45, 7) is 0. The van der Waals surface area contributed by atoms with Gasteiger partial charge in [-0.05, 0) is 48.3 Å². The molecule has 0 radical (unpaired) electrons. The molecule has 5 aliphatic rings. The number of halogens is 2. The van der Waals surface area contributed by atoms with Crippen molar-refractivity contribution in [2.24, 2.45) is 35.5 Å². The lowest BCUT2D eigenvalue weighted by atomic mass is 9.63. The largest absolute Gasteiger partial charge is 0.272 e. The molecule has 3 amide bonds. The molecular weight excluding hydrogens is 363 g/mol. The molecule has 3 fully saturated rings. The predicted molar refractivity (Wildman–Crippen MR) is 90.5 cm³/mol. The third kappa shape index (κ3) is 2.06. The van der Waals surface area contributed by atoms with Gasteiger partial charge in [-0.1, -0.05) is 35.4 Å². The fraction of sp³-hybridized carbons (Fsp3) is 0.389. The number of carbonyl (C=O) groups is 3. The van der Waals surface area contributed by atoms with Crippen LogP contribution < -0.4 is 5.43 Å². The molecule has 1 N–H and O–H groups in total. The first-order valence-electron chi connectivity index (χ1n) is 8.29. The third-order valence-electron chi connectivity index (χ3n) is 6.06. The first kappa shape index (κ1) is 15.4. The van der Waals surface area contributed by atoms with E-state index in [-0.39, 0.29) is 46.1 Å². The van der Waals surface area contributed by atoms with E-state index in [1.54, 1.807) is 0 Å². The van der Waals surface area contributed by atoms with Crippen LogP contribution in [0.3, 0.4) is 0 Å². The van der Waals surface area contributed by atoms with Crippen molar-refractivity contribution in [1.29, 1.82) is 0 Å². The van der Waals surface area contributed by atoms with Crippen LogP contribution in [-0.2, 0) is 9.59 Å². The zero-order chi connectivity index (χ0) is 17.5. The number of hydrogen-bond acceptors (Lipinski definition) is 3. The van der Waals surface area contributed by atoms with Gasteiger partial charge in [0.15, 0.2) is 0 Å². The summed E-state index contributed by atoms with van der Waals surface area (Å²) >= 11 is 11.8. The van der Waals surface area contributed by atoms with E-state index in [0.717, 1.165) is 11.4 Å². The molecule has 6 rings (SSSR count). The van der Waals surface area contributed by atoms with Gasteiger partial charge in [0.2, 0.25) is 0 Å². The van der Waals surface area contributed by atoms with Crippen LogP contribution in [0.4, 0.5) is 0 Å². The van der Waals surface area contributed by atoms with Gasteiger partial charge in [-0.15, -0.1) is 0 Å². The Morgan fingerprint density at radius 3 is 2.16 bits per heavy atom. The number of rotatable bonds is 2. The van der Waals surface area contributed by atoms with Gasteiger partial charge in [0.25, 0.3) is 17.7 Å². The second-order valence-electron chi connectivity index (χ2n) is 7.24. The van der Waals surface area contributed by atoms with Crippen LogP contribution >= 0.6 is 23.2 Å². The van der Waals surface area contributed by atoms with Crippen LogP contribution in [0.5, 0.6) is 0 Å². The van der Waals surface area contributed by atoms with Crippen LogP contribution in [0.1, 0.15) is 16.8 Å². The Balaban J connectivity index is 1.40. The fourth-order valence-corrected chi connectivity index (χ4v) is 5.17. The molecule has 128 valence electrons. The second kappa shape index (κ2) is 5.08. The summed E-state index contributed by atoms with van der Waals surface area (Å²) in [4.78, 5) is 38.0. The topological polar surface area (TPSA) is 66.5 Å². The highest BCUT2D eigenvalue weighted by molar-refractivity contribution is 6.42. The maximum absolute atomic E-state index is 12.8. The van der Waals surface area contributed by atoms with Crippen molar-refractivity contribution in [3.05, 3.63) is 46.0 Å². The minimum atomic E-state index is -0.552. The van der Waals surface area contributed by atoms with Gasteiger partial charge >= 0.3 is 0 Å². The molecule has 1 aromatic carbocycles. The van der Waals surface area contributed by atoms with E-state index >= 15 is 0 Å². The van der Waals surface area contributed by atoms with Crippen LogP contribution in [-0.4, -0.2) is 22.7 Å². The minimum absolute atomic E-state index is 0.128. The smallest absolute Gasteiger partial charge is 0.270 e. The van der Waals surface area contributed by atoms with Crippen molar-refractivity contribution >= 4 is 40.9 Å². The summed E-state index contributed by atoms with van der Waals surface area (Å²) in [5.41, 5.74) is 2.71. The molecule has 25 heavy (non-hydrogen) atoms. The van der Waals surface area contributed by atoms with Gasteiger partial charge in [-0.2, -0.15) is 5.01 Å². The lowest BCUT2D eigenvalue weighted by molar-refractivity contribution is -0.143. The molecular formula is C18H14Cl2N2O3. The summed E-state index contributed by atoms with van der Waals surface area (Å²) in [5.74, 6) is -0.504. The summed E-state index contributed by atoms with van der Waals surface area (Å²) in [7, 11) is 0. The SMILES string of the molecule is O=C(NN1C(=O)[C@@H]2[C@@H]3C=C[C@H]([C@@H]4C[C@H]34)[C@H]2C1=O)c1ccc(Cl)c(Cl)c1. The van der Waals surface area contributed by atoms with Gasteiger partial charge in [0.05, 0.1) is 21.9 Å².